The minimum atomic E-state index is -0.570. The van der Waals surface area contributed by atoms with Gasteiger partial charge >= 0.3 is 6.09 Å². The first-order valence-electron chi connectivity index (χ1n) is 6.22. The molecule has 0 aromatic heterocycles. The molecule has 1 atom stereocenters. The number of rotatable bonds is 1. The maximum atomic E-state index is 11.8. The van der Waals surface area contributed by atoms with E-state index in [4.69, 9.17) is 9.47 Å². The van der Waals surface area contributed by atoms with Crippen molar-refractivity contribution in [3.8, 4) is 0 Å². The van der Waals surface area contributed by atoms with Crippen LogP contribution in [0.3, 0.4) is 0 Å². The zero-order valence-electron chi connectivity index (χ0n) is 11.4. The van der Waals surface area contributed by atoms with E-state index >= 15 is 0 Å². The molecule has 1 amide bonds. The molecule has 0 radical (unpaired) electrons. The minimum Gasteiger partial charge on any atom is -0.406 e. The predicted octanol–water partition coefficient (Wildman–Crippen LogP) is 1.77. The van der Waals surface area contributed by atoms with Crippen LogP contribution >= 0.6 is 0 Å². The molecule has 0 aromatic rings. The zero-order chi connectivity index (χ0) is 13.8. The third kappa shape index (κ3) is 4.96. The Kier molecular flexibility index (Phi) is 5.02. The molecule has 0 spiro atoms. The van der Waals surface area contributed by atoms with Crippen molar-refractivity contribution < 1.29 is 23.6 Å². The van der Waals surface area contributed by atoms with Crippen LogP contribution in [0.1, 0.15) is 40.0 Å². The first-order valence-corrected chi connectivity index (χ1v) is 6.22. The van der Waals surface area contributed by atoms with Crippen molar-refractivity contribution in [2.45, 2.75) is 51.7 Å². The van der Waals surface area contributed by atoms with E-state index in [9.17, 15) is 9.59 Å². The molecule has 0 saturated carbocycles. The van der Waals surface area contributed by atoms with Gasteiger partial charge in [-0.15, -0.1) is 4.58 Å². The molecule has 18 heavy (non-hydrogen) atoms. The molecule has 1 aliphatic heterocycles. The third-order valence-corrected chi connectivity index (χ3v) is 2.59. The first kappa shape index (κ1) is 14.8. The van der Waals surface area contributed by atoms with Crippen LogP contribution in [0.5, 0.6) is 0 Å². The first-order chi connectivity index (χ1) is 8.29. The van der Waals surface area contributed by atoms with Gasteiger partial charge in [-0.3, -0.25) is 4.79 Å². The summed E-state index contributed by atoms with van der Waals surface area (Å²) in [7, 11) is 0. The topological polar surface area (TPSA) is 55.6 Å². The highest BCUT2D eigenvalue weighted by atomic mass is 16.6. The van der Waals surface area contributed by atoms with Crippen LogP contribution in [0.15, 0.2) is 0 Å². The molecular formula is C13H22NO4+. The van der Waals surface area contributed by atoms with Gasteiger partial charge in [0.2, 0.25) is 0 Å². The van der Waals surface area contributed by atoms with Crippen molar-refractivity contribution >= 4 is 18.6 Å². The molecule has 1 rings (SSSR count). The van der Waals surface area contributed by atoms with Crippen LogP contribution in [0.2, 0.25) is 0 Å². The number of nitrogens with zero attached hydrogens (tertiary/aromatic N) is 1. The summed E-state index contributed by atoms with van der Waals surface area (Å²) in [4.78, 5) is 23.4. The molecular weight excluding hydrogens is 234 g/mol. The van der Waals surface area contributed by atoms with Crippen LogP contribution in [-0.4, -0.2) is 48.0 Å². The normalized spacial score (nSPS) is 21.9. The molecule has 1 saturated heterocycles. The molecule has 1 aliphatic rings. The fourth-order valence-corrected chi connectivity index (χ4v) is 1.68. The number of hydrogen-bond acceptors (Lipinski definition) is 4. The Hall–Kier alpha value is -1.23. The van der Waals surface area contributed by atoms with Crippen LogP contribution in [0, 0.1) is 0 Å². The van der Waals surface area contributed by atoms with E-state index in [0.29, 0.717) is 19.6 Å². The highest BCUT2D eigenvalue weighted by Crippen LogP contribution is 2.12. The summed E-state index contributed by atoms with van der Waals surface area (Å²) in [5.41, 5.74) is -0.570. The minimum absolute atomic E-state index is 0.139. The molecule has 0 N–H and O–H groups in total. The smallest absolute Gasteiger partial charge is 0.406 e. The lowest BCUT2D eigenvalue weighted by Gasteiger charge is -2.20. The molecule has 1 fully saturated rings. The van der Waals surface area contributed by atoms with E-state index in [2.05, 4.69) is 6.72 Å². The monoisotopic (exact) mass is 256 g/mol. The van der Waals surface area contributed by atoms with E-state index in [1.165, 1.54) is 4.58 Å². The van der Waals surface area contributed by atoms with Gasteiger partial charge in [0.05, 0.1) is 6.42 Å². The van der Waals surface area contributed by atoms with Crippen molar-refractivity contribution in [2.24, 2.45) is 0 Å². The van der Waals surface area contributed by atoms with Gasteiger partial charge in [0, 0.05) is 13.0 Å². The predicted molar refractivity (Wildman–Crippen MR) is 67.1 cm³/mol. The molecule has 102 valence electrons. The Bertz CT molecular complexity index is 343. The van der Waals surface area contributed by atoms with E-state index in [0.717, 1.165) is 6.42 Å². The number of carbonyl (C=O) groups excluding carboxylic acids is 2. The number of carbonyl (C=O) groups is 2. The van der Waals surface area contributed by atoms with Gasteiger partial charge in [-0.25, -0.2) is 0 Å². The summed E-state index contributed by atoms with van der Waals surface area (Å²) in [6.07, 6.45) is 1.00. The number of ketones is 1. The summed E-state index contributed by atoms with van der Waals surface area (Å²) >= 11 is 0. The Morgan fingerprint density at radius 2 is 2.17 bits per heavy atom. The Labute approximate surface area is 108 Å². The Balaban J connectivity index is 2.63. The van der Waals surface area contributed by atoms with Crippen LogP contribution in [-0.2, 0) is 14.3 Å². The van der Waals surface area contributed by atoms with E-state index in [1.54, 1.807) is 20.8 Å². The molecule has 0 unspecified atom stereocenters. The lowest BCUT2D eigenvalue weighted by atomic mass is 10.1. The summed E-state index contributed by atoms with van der Waals surface area (Å²) in [6.45, 7) is 9.92. The highest BCUT2D eigenvalue weighted by molar-refractivity contribution is 5.79. The second kappa shape index (κ2) is 6.09. The fourth-order valence-electron chi connectivity index (χ4n) is 1.68. The van der Waals surface area contributed by atoms with Crippen LogP contribution < -0.4 is 0 Å². The molecule has 5 heteroatoms. The standard InChI is InChI=1S/C13H22NO4/c1-13(2,3)18-12(16)14(4)10-8-11(15)6-5-7-17-9-10/h10H,4-9H2,1-3H3/q+1/t10-/m1/s1. The summed E-state index contributed by atoms with van der Waals surface area (Å²) in [6, 6.07) is -0.340. The highest BCUT2D eigenvalue weighted by Gasteiger charge is 2.33. The number of Topliss-reactive ketones (excluding diaryl/α,β-unsaturated/α-hetero) is 1. The maximum absolute atomic E-state index is 11.8. The van der Waals surface area contributed by atoms with E-state index < -0.39 is 11.7 Å². The quantitative estimate of drug-likeness (QED) is 0.530. The Morgan fingerprint density at radius 3 is 2.78 bits per heavy atom. The number of hydrogen-bond donors (Lipinski definition) is 0. The van der Waals surface area contributed by atoms with Gasteiger partial charge in [-0.1, -0.05) is 0 Å². The van der Waals surface area contributed by atoms with Crippen LogP contribution in [0.25, 0.3) is 0 Å². The molecule has 0 bridgehead atoms. The van der Waals surface area contributed by atoms with Gasteiger partial charge in [0.15, 0.2) is 6.04 Å². The lowest BCUT2D eigenvalue weighted by molar-refractivity contribution is -0.487. The molecule has 0 aromatic carbocycles. The van der Waals surface area contributed by atoms with Crippen LogP contribution in [0.4, 0.5) is 4.79 Å². The fraction of sp³-hybridized carbons (Fsp3) is 0.769. The van der Waals surface area contributed by atoms with Crippen molar-refractivity contribution in [1.29, 1.82) is 0 Å². The van der Waals surface area contributed by atoms with Crippen molar-refractivity contribution in [3.63, 3.8) is 0 Å². The summed E-state index contributed by atoms with van der Waals surface area (Å²) in [5.74, 6) is 0.139. The SMILES string of the molecule is C=[N+](C(=O)OC(C)(C)C)[C@H]1COCCCC(=O)C1. The number of ether oxygens (including phenoxy) is 2. The summed E-state index contributed by atoms with van der Waals surface area (Å²) in [5, 5.41) is 0. The zero-order valence-corrected chi connectivity index (χ0v) is 11.4. The summed E-state index contributed by atoms with van der Waals surface area (Å²) < 4.78 is 11.8. The second-order valence-corrected chi connectivity index (χ2v) is 5.53. The third-order valence-electron chi connectivity index (χ3n) is 2.59. The van der Waals surface area contributed by atoms with Crippen molar-refractivity contribution in [3.05, 3.63) is 0 Å². The van der Waals surface area contributed by atoms with E-state index in [-0.39, 0.29) is 18.2 Å². The average Bonchev–Trinajstić information content (AvgIpc) is 2.19. The Morgan fingerprint density at radius 1 is 1.50 bits per heavy atom. The van der Waals surface area contributed by atoms with E-state index in [1.807, 2.05) is 0 Å². The molecule has 5 nitrogen and oxygen atoms in total. The van der Waals surface area contributed by atoms with Crippen molar-refractivity contribution in [2.75, 3.05) is 13.2 Å². The van der Waals surface area contributed by atoms with Gasteiger partial charge in [0.1, 0.15) is 24.7 Å². The molecule has 0 aliphatic carbocycles. The largest absolute Gasteiger partial charge is 0.596 e. The number of amides is 1. The lowest BCUT2D eigenvalue weighted by Crippen LogP contribution is -2.40. The van der Waals surface area contributed by atoms with Gasteiger partial charge in [-0.05, 0) is 27.2 Å². The van der Waals surface area contributed by atoms with Gasteiger partial charge in [0.25, 0.3) is 0 Å². The maximum Gasteiger partial charge on any atom is 0.596 e. The van der Waals surface area contributed by atoms with Crippen molar-refractivity contribution in [1.82, 2.24) is 0 Å². The average molecular weight is 256 g/mol. The second-order valence-electron chi connectivity index (χ2n) is 5.53. The van der Waals surface area contributed by atoms with Gasteiger partial charge in [-0.2, -0.15) is 4.79 Å². The molecule has 1 heterocycles. The van der Waals surface area contributed by atoms with Gasteiger partial charge < -0.3 is 9.47 Å².